The maximum Gasteiger partial charge on any atom is 0.328 e. The first-order chi connectivity index (χ1) is 10.6. The lowest BCUT2D eigenvalue weighted by molar-refractivity contribution is 0.666. The Balaban J connectivity index is 2.01. The Kier molecular flexibility index (Phi) is 5.75. The molecular formula is C18H24N2O2. The number of unbranched alkanes of at least 4 members (excludes halogenated alkanes) is 3. The van der Waals surface area contributed by atoms with E-state index in [9.17, 15) is 9.59 Å². The van der Waals surface area contributed by atoms with Gasteiger partial charge in [0.05, 0.1) is 6.54 Å². The molecule has 0 aliphatic carbocycles. The van der Waals surface area contributed by atoms with Crippen LogP contribution in [0.5, 0.6) is 0 Å². The summed E-state index contributed by atoms with van der Waals surface area (Å²) in [6.45, 7) is 4.40. The molecule has 0 saturated carbocycles. The standard InChI is InChI=1S/C18H24N2O2/c1-3-4-5-6-7-15-8-10-16(11-9-15)13-20-12-14(2)17(21)19-18(20)22/h8-12H,3-7,13H2,1-2H3,(H,19,21,22). The van der Waals surface area contributed by atoms with Gasteiger partial charge in [-0.2, -0.15) is 0 Å². The van der Waals surface area contributed by atoms with Crippen LogP contribution in [0.3, 0.4) is 0 Å². The summed E-state index contributed by atoms with van der Waals surface area (Å²) >= 11 is 0. The molecule has 0 aliphatic rings. The molecular weight excluding hydrogens is 276 g/mol. The van der Waals surface area contributed by atoms with E-state index in [1.807, 2.05) is 0 Å². The lowest BCUT2D eigenvalue weighted by atomic mass is 10.0. The molecule has 0 unspecified atom stereocenters. The molecule has 0 radical (unpaired) electrons. The maximum absolute atomic E-state index is 11.8. The van der Waals surface area contributed by atoms with Crippen LogP contribution in [0.25, 0.3) is 0 Å². The van der Waals surface area contributed by atoms with E-state index in [0.29, 0.717) is 12.1 Å². The first-order valence-corrected chi connectivity index (χ1v) is 7.98. The van der Waals surface area contributed by atoms with E-state index in [2.05, 4.69) is 36.2 Å². The summed E-state index contributed by atoms with van der Waals surface area (Å²) in [4.78, 5) is 25.5. The molecule has 0 spiro atoms. The molecule has 1 N–H and O–H groups in total. The zero-order valence-electron chi connectivity index (χ0n) is 13.4. The Morgan fingerprint density at radius 3 is 2.36 bits per heavy atom. The summed E-state index contributed by atoms with van der Waals surface area (Å²) in [6.07, 6.45) is 7.78. The highest BCUT2D eigenvalue weighted by Gasteiger charge is 2.02. The molecule has 0 bridgehead atoms. The zero-order valence-corrected chi connectivity index (χ0v) is 13.4. The first-order valence-electron chi connectivity index (χ1n) is 7.98. The Hall–Kier alpha value is -2.10. The van der Waals surface area contributed by atoms with Gasteiger partial charge in [-0.1, -0.05) is 50.5 Å². The fraction of sp³-hybridized carbons (Fsp3) is 0.444. The SMILES string of the molecule is CCCCCCc1ccc(Cn2cc(C)c(=O)[nH]c2=O)cc1. The summed E-state index contributed by atoms with van der Waals surface area (Å²) in [7, 11) is 0. The van der Waals surface area contributed by atoms with E-state index < -0.39 is 0 Å². The fourth-order valence-electron chi connectivity index (χ4n) is 2.50. The van der Waals surface area contributed by atoms with E-state index in [4.69, 9.17) is 0 Å². The minimum Gasteiger partial charge on any atom is -0.296 e. The lowest BCUT2D eigenvalue weighted by Crippen LogP contribution is -2.31. The number of aromatic nitrogens is 2. The van der Waals surface area contributed by atoms with Crippen LogP contribution < -0.4 is 11.2 Å². The van der Waals surface area contributed by atoms with Crippen molar-refractivity contribution in [3.05, 3.63) is 68.0 Å². The summed E-state index contributed by atoms with van der Waals surface area (Å²) < 4.78 is 1.53. The third kappa shape index (κ3) is 4.45. The van der Waals surface area contributed by atoms with Gasteiger partial charge < -0.3 is 0 Å². The number of H-pyrrole nitrogens is 1. The minimum atomic E-state index is -0.362. The fourth-order valence-corrected chi connectivity index (χ4v) is 2.50. The molecule has 0 fully saturated rings. The number of rotatable bonds is 7. The van der Waals surface area contributed by atoms with Gasteiger partial charge in [-0.05, 0) is 30.9 Å². The Labute approximate surface area is 130 Å². The second-order valence-corrected chi connectivity index (χ2v) is 5.83. The van der Waals surface area contributed by atoms with Crippen LogP contribution in [0, 0.1) is 6.92 Å². The molecule has 0 atom stereocenters. The molecule has 4 heteroatoms. The molecule has 0 aliphatic heterocycles. The van der Waals surface area contributed by atoms with Crippen LogP contribution >= 0.6 is 0 Å². The van der Waals surface area contributed by atoms with Gasteiger partial charge in [-0.25, -0.2) is 4.79 Å². The lowest BCUT2D eigenvalue weighted by Gasteiger charge is -2.07. The van der Waals surface area contributed by atoms with E-state index in [-0.39, 0.29) is 11.2 Å². The number of hydrogen-bond donors (Lipinski definition) is 1. The summed E-state index contributed by atoms with van der Waals surface area (Å²) in [6, 6.07) is 8.37. The number of hydrogen-bond acceptors (Lipinski definition) is 2. The zero-order chi connectivity index (χ0) is 15.9. The van der Waals surface area contributed by atoms with Crippen LogP contribution in [-0.2, 0) is 13.0 Å². The van der Waals surface area contributed by atoms with Crippen LogP contribution in [0.2, 0.25) is 0 Å². The minimum absolute atomic E-state index is 0.316. The number of nitrogens with zero attached hydrogens (tertiary/aromatic N) is 1. The molecule has 1 heterocycles. The molecule has 2 rings (SSSR count). The number of benzene rings is 1. The highest BCUT2D eigenvalue weighted by molar-refractivity contribution is 5.23. The van der Waals surface area contributed by atoms with Crippen molar-refractivity contribution in [3.63, 3.8) is 0 Å². The summed E-state index contributed by atoms with van der Waals surface area (Å²) in [5.74, 6) is 0. The van der Waals surface area contributed by atoms with Crippen molar-refractivity contribution in [2.24, 2.45) is 0 Å². The Morgan fingerprint density at radius 1 is 1.00 bits per heavy atom. The smallest absolute Gasteiger partial charge is 0.296 e. The van der Waals surface area contributed by atoms with Gasteiger partial charge in [0.2, 0.25) is 0 Å². The van der Waals surface area contributed by atoms with E-state index in [0.717, 1.165) is 12.0 Å². The average Bonchev–Trinajstić information content (AvgIpc) is 2.51. The van der Waals surface area contributed by atoms with Crippen molar-refractivity contribution in [2.75, 3.05) is 0 Å². The third-order valence-corrected chi connectivity index (χ3v) is 3.88. The molecule has 0 saturated heterocycles. The highest BCUT2D eigenvalue weighted by Crippen LogP contribution is 2.10. The van der Waals surface area contributed by atoms with Gasteiger partial charge in [-0.3, -0.25) is 14.3 Å². The normalized spacial score (nSPS) is 10.8. The predicted molar refractivity (Wildman–Crippen MR) is 89.4 cm³/mol. The van der Waals surface area contributed by atoms with E-state index in [1.54, 1.807) is 13.1 Å². The van der Waals surface area contributed by atoms with E-state index in [1.165, 1.54) is 35.8 Å². The molecule has 4 nitrogen and oxygen atoms in total. The van der Waals surface area contributed by atoms with Crippen molar-refractivity contribution >= 4 is 0 Å². The van der Waals surface area contributed by atoms with Gasteiger partial charge in [0, 0.05) is 11.8 Å². The van der Waals surface area contributed by atoms with Crippen molar-refractivity contribution in [2.45, 2.75) is 52.5 Å². The molecule has 0 amide bonds. The highest BCUT2D eigenvalue weighted by atomic mass is 16.2. The van der Waals surface area contributed by atoms with E-state index >= 15 is 0 Å². The largest absolute Gasteiger partial charge is 0.328 e. The quantitative estimate of drug-likeness (QED) is 0.799. The van der Waals surface area contributed by atoms with Crippen LogP contribution in [0.4, 0.5) is 0 Å². The topological polar surface area (TPSA) is 54.9 Å². The van der Waals surface area contributed by atoms with Gasteiger partial charge in [0.15, 0.2) is 0 Å². The number of nitrogens with one attached hydrogen (secondary N) is 1. The van der Waals surface area contributed by atoms with Crippen LogP contribution in [-0.4, -0.2) is 9.55 Å². The van der Waals surface area contributed by atoms with Crippen molar-refractivity contribution in [1.82, 2.24) is 9.55 Å². The van der Waals surface area contributed by atoms with Gasteiger partial charge >= 0.3 is 5.69 Å². The third-order valence-electron chi connectivity index (χ3n) is 3.88. The van der Waals surface area contributed by atoms with Crippen molar-refractivity contribution in [1.29, 1.82) is 0 Å². The Morgan fingerprint density at radius 2 is 1.68 bits per heavy atom. The molecule has 118 valence electrons. The van der Waals surface area contributed by atoms with Crippen LogP contribution in [0.15, 0.2) is 40.1 Å². The molecule has 2 aromatic rings. The molecule has 1 aromatic heterocycles. The maximum atomic E-state index is 11.8. The first kappa shape index (κ1) is 16.3. The molecule has 1 aromatic carbocycles. The monoisotopic (exact) mass is 300 g/mol. The van der Waals surface area contributed by atoms with Gasteiger partial charge in [-0.15, -0.1) is 0 Å². The van der Waals surface area contributed by atoms with Crippen molar-refractivity contribution < 1.29 is 0 Å². The second-order valence-electron chi connectivity index (χ2n) is 5.83. The van der Waals surface area contributed by atoms with Crippen LogP contribution in [0.1, 0.15) is 49.3 Å². The number of aryl methyl sites for hydroxylation is 2. The van der Waals surface area contributed by atoms with Gasteiger partial charge in [0.1, 0.15) is 0 Å². The number of aromatic amines is 1. The van der Waals surface area contributed by atoms with Crippen molar-refractivity contribution in [3.8, 4) is 0 Å². The molecule has 22 heavy (non-hydrogen) atoms. The summed E-state index contributed by atoms with van der Waals surface area (Å²) in [5, 5.41) is 0. The Bertz CT molecular complexity index is 711. The average molecular weight is 300 g/mol. The summed E-state index contributed by atoms with van der Waals surface area (Å²) in [5.41, 5.74) is 2.27. The predicted octanol–water partition coefficient (Wildman–Crippen LogP) is 3.02. The second kappa shape index (κ2) is 7.78. The van der Waals surface area contributed by atoms with Gasteiger partial charge in [0.25, 0.3) is 5.56 Å².